The monoisotopic (exact) mass is 173 g/mol. The van der Waals surface area contributed by atoms with E-state index in [-0.39, 0.29) is 5.38 Å². The molecule has 1 rings (SSSR count). The van der Waals surface area contributed by atoms with Crippen molar-refractivity contribution in [2.75, 3.05) is 0 Å². The Morgan fingerprint density at radius 3 is 2.91 bits per heavy atom. The van der Waals surface area contributed by atoms with Gasteiger partial charge in [-0.25, -0.2) is 0 Å². The summed E-state index contributed by atoms with van der Waals surface area (Å²) in [6.07, 6.45) is 1.68. The number of rotatable bonds is 3. The van der Waals surface area contributed by atoms with Gasteiger partial charge in [0.2, 0.25) is 0 Å². The molecular weight excluding hydrogens is 162 g/mol. The van der Waals surface area contributed by atoms with Crippen LogP contribution in [0.5, 0.6) is 0 Å². The predicted molar refractivity (Wildman–Crippen MR) is 44.9 cm³/mol. The molecule has 1 aromatic rings. The molecular formula is C8H12ClNO. The maximum atomic E-state index is 5.78. The van der Waals surface area contributed by atoms with Gasteiger partial charge in [0.25, 0.3) is 0 Å². The van der Waals surface area contributed by atoms with Crippen LogP contribution >= 0.6 is 11.6 Å². The van der Waals surface area contributed by atoms with E-state index in [1.807, 2.05) is 19.9 Å². The van der Waals surface area contributed by atoms with Crippen molar-refractivity contribution in [1.82, 2.24) is 5.16 Å². The SMILES string of the molecule is CCc1cc(CC(C)Cl)on1. The van der Waals surface area contributed by atoms with Crippen molar-refractivity contribution < 1.29 is 4.52 Å². The molecule has 1 heterocycles. The van der Waals surface area contributed by atoms with Gasteiger partial charge >= 0.3 is 0 Å². The number of nitrogens with zero attached hydrogens (tertiary/aromatic N) is 1. The number of halogens is 1. The molecule has 1 atom stereocenters. The van der Waals surface area contributed by atoms with Crippen LogP contribution in [-0.4, -0.2) is 10.5 Å². The molecule has 0 spiro atoms. The van der Waals surface area contributed by atoms with Crippen LogP contribution in [0.3, 0.4) is 0 Å². The molecule has 3 heteroatoms. The van der Waals surface area contributed by atoms with Gasteiger partial charge in [0, 0.05) is 17.9 Å². The Morgan fingerprint density at radius 1 is 1.73 bits per heavy atom. The Bertz CT molecular complexity index is 220. The van der Waals surface area contributed by atoms with Gasteiger partial charge in [-0.05, 0) is 13.3 Å². The van der Waals surface area contributed by atoms with Crippen LogP contribution in [0.4, 0.5) is 0 Å². The molecule has 11 heavy (non-hydrogen) atoms. The molecule has 0 aliphatic heterocycles. The summed E-state index contributed by atoms with van der Waals surface area (Å²) < 4.78 is 5.03. The number of aryl methyl sites for hydroxylation is 1. The second-order valence-electron chi connectivity index (χ2n) is 2.62. The lowest BCUT2D eigenvalue weighted by molar-refractivity contribution is 0.377. The Kier molecular flexibility index (Phi) is 2.94. The minimum absolute atomic E-state index is 0.118. The predicted octanol–water partition coefficient (Wildman–Crippen LogP) is 2.41. The summed E-state index contributed by atoms with van der Waals surface area (Å²) in [6.45, 7) is 3.99. The quantitative estimate of drug-likeness (QED) is 0.657. The van der Waals surface area contributed by atoms with E-state index in [1.54, 1.807) is 0 Å². The summed E-state index contributed by atoms with van der Waals surface area (Å²) in [6, 6.07) is 1.96. The fourth-order valence-electron chi connectivity index (χ4n) is 0.896. The van der Waals surface area contributed by atoms with E-state index >= 15 is 0 Å². The van der Waals surface area contributed by atoms with Crippen molar-refractivity contribution >= 4 is 11.6 Å². The standard InChI is InChI=1S/C8H12ClNO/c1-3-7-5-8(11-10-7)4-6(2)9/h5-6H,3-4H2,1-2H3. The van der Waals surface area contributed by atoms with Gasteiger partial charge in [0.1, 0.15) is 5.76 Å². The van der Waals surface area contributed by atoms with E-state index in [0.29, 0.717) is 0 Å². The largest absolute Gasteiger partial charge is 0.361 e. The third-order valence-electron chi connectivity index (χ3n) is 1.45. The molecule has 2 nitrogen and oxygen atoms in total. The Balaban J connectivity index is 2.58. The Labute approximate surface area is 71.5 Å². The van der Waals surface area contributed by atoms with Gasteiger partial charge in [-0.15, -0.1) is 11.6 Å². The second-order valence-corrected chi connectivity index (χ2v) is 3.37. The number of alkyl halides is 1. The first-order valence-electron chi connectivity index (χ1n) is 3.81. The maximum Gasteiger partial charge on any atom is 0.138 e. The van der Waals surface area contributed by atoms with Crippen molar-refractivity contribution in [3.63, 3.8) is 0 Å². The van der Waals surface area contributed by atoms with E-state index in [0.717, 1.165) is 24.3 Å². The zero-order chi connectivity index (χ0) is 8.27. The third kappa shape index (κ3) is 2.54. The minimum Gasteiger partial charge on any atom is -0.361 e. The molecule has 0 bridgehead atoms. The van der Waals surface area contributed by atoms with Gasteiger partial charge in [-0.2, -0.15) is 0 Å². The van der Waals surface area contributed by atoms with Crippen molar-refractivity contribution in [3.05, 3.63) is 17.5 Å². The molecule has 62 valence electrons. The average molecular weight is 174 g/mol. The van der Waals surface area contributed by atoms with Crippen LogP contribution < -0.4 is 0 Å². The van der Waals surface area contributed by atoms with E-state index in [4.69, 9.17) is 16.1 Å². The molecule has 1 unspecified atom stereocenters. The van der Waals surface area contributed by atoms with Crippen LogP contribution in [0.25, 0.3) is 0 Å². The van der Waals surface area contributed by atoms with Crippen LogP contribution in [0.1, 0.15) is 25.3 Å². The lowest BCUT2D eigenvalue weighted by Gasteiger charge is -1.94. The highest BCUT2D eigenvalue weighted by Gasteiger charge is 2.05. The molecule has 0 aliphatic rings. The smallest absolute Gasteiger partial charge is 0.138 e. The first-order chi connectivity index (χ1) is 5.22. The summed E-state index contributed by atoms with van der Waals surface area (Å²) >= 11 is 5.78. The molecule has 0 radical (unpaired) electrons. The van der Waals surface area contributed by atoms with Gasteiger partial charge in [-0.1, -0.05) is 12.1 Å². The highest BCUT2D eigenvalue weighted by Crippen LogP contribution is 2.09. The zero-order valence-corrected chi connectivity index (χ0v) is 7.56. The molecule has 0 saturated heterocycles. The molecule has 1 aromatic heterocycles. The summed E-state index contributed by atoms with van der Waals surface area (Å²) in [5.74, 6) is 0.879. The Hall–Kier alpha value is -0.500. The molecule has 0 saturated carbocycles. The van der Waals surface area contributed by atoms with Crippen molar-refractivity contribution in [1.29, 1.82) is 0 Å². The average Bonchev–Trinajstić information content (AvgIpc) is 2.34. The molecule has 0 fully saturated rings. The molecule has 0 N–H and O–H groups in total. The highest BCUT2D eigenvalue weighted by molar-refractivity contribution is 6.20. The van der Waals surface area contributed by atoms with Gasteiger partial charge < -0.3 is 4.52 Å². The lowest BCUT2D eigenvalue weighted by atomic mass is 10.2. The van der Waals surface area contributed by atoms with Crippen LogP contribution in [-0.2, 0) is 12.8 Å². The summed E-state index contributed by atoms with van der Waals surface area (Å²) in [4.78, 5) is 0. The van der Waals surface area contributed by atoms with Crippen molar-refractivity contribution in [2.45, 2.75) is 32.1 Å². The number of aromatic nitrogens is 1. The van der Waals surface area contributed by atoms with Crippen LogP contribution in [0.15, 0.2) is 10.6 Å². The van der Waals surface area contributed by atoms with Crippen molar-refractivity contribution in [3.8, 4) is 0 Å². The lowest BCUT2D eigenvalue weighted by Crippen LogP contribution is -1.94. The van der Waals surface area contributed by atoms with Crippen molar-refractivity contribution in [2.24, 2.45) is 0 Å². The van der Waals surface area contributed by atoms with Crippen LogP contribution in [0.2, 0.25) is 0 Å². The minimum atomic E-state index is 0.118. The third-order valence-corrected chi connectivity index (χ3v) is 1.61. The number of hydrogen-bond acceptors (Lipinski definition) is 2. The highest BCUT2D eigenvalue weighted by atomic mass is 35.5. The normalized spacial score (nSPS) is 13.4. The van der Waals surface area contributed by atoms with E-state index in [1.165, 1.54) is 0 Å². The topological polar surface area (TPSA) is 26.0 Å². The van der Waals surface area contributed by atoms with E-state index in [9.17, 15) is 0 Å². The van der Waals surface area contributed by atoms with Crippen LogP contribution in [0, 0.1) is 0 Å². The molecule has 0 aromatic carbocycles. The second kappa shape index (κ2) is 3.77. The fourth-order valence-corrected chi connectivity index (χ4v) is 1.05. The van der Waals surface area contributed by atoms with Gasteiger partial charge in [0.05, 0.1) is 5.69 Å². The summed E-state index contributed by atoms with van der Waals surface area (Å²) in [7, 11) is 0. The summed E-state index contributed by atoms with van der Waals surface area (Å²) in [5, 5.41) is 3.97. The maximum absolute atomic E-state index is 5.78. The van der Waals surface area contributed by atoms with E-state index < -0.39 is 0 Å². The van der Waals surface area contributed by atoms with Gasteiger partial charge in [0.15, 0.2) is 0 Å². The Morgan fingerprint density at radius 2 is 2.45 bits per heavy atom. The number of hydrogen-bond donors (Lipinski definition) is 0. The molecule has 0 aliphatic carbocycles. The summed E-state index contributed by atoms with van der Waals surface area (Å²) in [5.41, 5.74) is 0.998. The fraction of sp³-hybridized carbons (Fsp3) is 0.625. The zero-order valence-electron chi connectivity index (χ0n) is 6.80. The molecule has 0 amide bonds. The first kappa shape index (κ1) is 8.60. The van der Waals surface area contributed by atoms with Gasteiger partial charge in [-0.3, -0.25) is 0 Å². The van der Waals surface area contributed by atoms with E-state index in [2.05, 4.69) is 5.16 Å². The first-order valence-corrected chi connectivity index (χ1v) is 4.24.